The predicted molar refractivity (Wildman–Crippen MR) is 201 cm³/mol. The summed E-state index contributed by atoms with van der Waals surface area (Å²) < 4.78 is 33.6. The third-order valence-electron chi connectivity index (χ3n) is 10.2. The number of amides is 2. The van der Waals surface area contributed by atoms with Crippen molar-refractivity contribution in [3.8, 4) is 5.75 Å². The van der Waals surface area contributed by atoms with Crippen LogP contribution in [-0.2, 0) is 38.8 Å². The molecule has 2 bridgehead atoms. The number of hydrogen-bond acceptors (Lipinski definition) is 7. The first-order chi connectivity index (χ1) is 24.6. The lowest BCUT2D eigenvalue weighted by molar-refractivity contribution is -0.127. The van der Waals surface area contributed by atoms with E-state index in [4.69, 9.17) is 21.1 Å². The number of aliphatic hydroxyl groups is 1. The first-order valence-electron chi connectivity index (χ1n) is 17.9. The van der Waals surface area contributed by atoms with Crippen LogP contribution in [0.3, 0.4) is 0 Å². The number of fused-ring (bicyclic) bond motifs is 3. The number of allylic oxidation sites excluding steroid dienone is 1. The Morgan fingerprint density at radius 3 is 2.71 bits per heavy atom. The Morgan fingerprint density at radius 2 is 1.94 bits per heavy atom. The van der Waals surface area contributed by atoms with Gasteiger partial charge in [-0.15, -0.1) is 4.36 Å². The van der Waals surface area contributed by atoms with Crippen LogP contribution in [0.2, 0.25) is 5.02 Å². The Labute approximate surface area is 306 Å². The van der Waals surface area contributed by atoms with Crippen molar-refractivity contribution in [2.24, 2.45) is 22.1 Å². The molecule has 1 saturated carbocycles. The molecule has 0 spiro atoms. The Kier molecular flexibility index (Phi) is 12.2. The molecule has 3 aromatic carbocycles. The molecule has 9 nitrogen and oxygen atoms in total. The van der Waals surface area contributed by atoms with Gasteiger partial charge in [0.15, 0.2) is 0 Å². The van der Waals surface area contributed by atoms with E-state index in [1.165, 1.54) is 5.56 Å². The van der Waals surface area contributed by atoms with Crippen LogP contribution in [-0.4, -0.2) is 59.4 Å². The molecule has 1 aliphatic carbocycles. The molecule has 0 aromatic heterocycles. The fourth-order valence-electron chi connectivity index (χ4n) is 7.33. The third kappa shape index (κ3) is 9.40. The minimum atomic E-state index is -3.64. The number of nitrogens with one attached hydrogen (secondary N) is 1. The van der Waals surface area contributed by atoms with E-state index in [2.05, 4.69) is 26.1 Å². The lowest BCUT2D eigenvalue weighted by Crippen LogP contribution is -2.43. The Morgan fingerprint density at radius 1 is 1.12 bits per heavy atom. The molecule has 51 heavy (non-hydrogen) atoms. The monoisotopic (exact) mass is 733 g/mol. The normalized spacial score (nSPS) is 26.8. The van der Waals surface area contributed by atoms with Crippen LogP contribution in [0.4, 0.5) is 5.69 Å². The summed E-state index contributed by atoms with van der Waals surface area (Å²) in [6, 6.07) is 20.4. The van der Waals surface area contributed by atoms with Gasteiger partial charge in [-0.25, -0.2) is 4.21 Å². The first-order valence-corrected chi connectivity index (χ1v) is 20.0. The molecule has 3 aliphatic rings. The van der Waals surface area contributed by atoms with E-state index < -0.39 is 27.8 Å². The summed E-state index contributed by atoms with van der Waals surface area (Å²) in [5.41, 5.74) is 4.10. The van der Waals surface area contributed by atoms with Gasteiger partial charge in [-0.2, -0.15) is 0 Å². The Bertz CT molecular complexity index is 1860. The molecule has 2 N–H and O–H groups in total. The van der Waals surface area contributed by atoms with E-state index in [1.807, 2.05) is 43.3 Å². The van der Waals surface area contributed by atoms with Crippen molar-refractivity contribution >= 4 is 39.0 Å². The summed E-state index contributed by atoms with van der Waals surface area (Å²) in [4.78, 5) is 29.5. The van der Waals surface area contributed by atoms with Crippen molar-refractivity contribution in [3.63, 3.8) is 0 Å². The number of halogens is 1. The van der Waals surface area contributed by atoms with Crippen LogP contribution in [0, 0.1) is 17.8 Å². The number of aliphatic hydroxyl groups excluding tert-OH is 1. The van der Waals surface area contributed by atoms with Crippen molar-refractivity contribution in [2.45, 2.75) is 70.6 Å². The molecule has 3 aromatic rings. The lowest BCUT2D eigenvalue weighted by atomic mass is 9.70. The van der Waals surface area contributed by atoms with Gasteiger partial charge in [0, 0.05) is 37.2 Å². The van der Waals surface area contributed by atoms with Gasteiger partial charge in [-0.1, -0.05) is 67.1 Å². The number of ether oxygens (including phenoxy) is 2. The van der Waals surface area contributed by atoms with Gasteiger partial charge in [0.05, 0.1) is 24.2 Å². The lowest BCUT2D eigenvalue weighted by Gasteiger charge is -2.43. The number of aryl methyl sites for hydroxylation is 1. The fraction of sp³-hybridized carbons (Fsp3) is 0.450. The second kappa shape index (κ2) is 16.8. The zero-order valence-electron chi connectivity index (χ0n) is 29.3. The predicted octanol–water partition coefficient (Wildman–Crippen LogP) is 6.94. The molecule has 6 atom stereocenters. The molecule has 272 valence electrons. The summed E-state index contributed by atoms with van der Waals surface area (Å²) in [6.07, 6.45) is 7.91. The summed E-state index contributed by atoms with van der Waals surface area (Å²) in [5, 5.41) is 11.5. The van der Waals surface area contributed by atoms with Crippen LogP contribution >= 0.6 is 11.6 Å². The van der Waals surface area contributed by atoms with E-state index in [0.717, 1.165) is 48.9 Å². The Balaban J connectivity index is 1.41. The summed E-state index contributed by atoms with van der Waals surface area (Å²) >= 11 is 6.46. The average molecular weight is 734 g/mol. The fourth-order valence-corrected chi connectivity index (χ4v) is 9.46. The van der Waals surface area contributed by atoms with Crippen molar-refractivity contribution in [1.29, 1.82) is 0 Å². The van der Waals surface area contributed by atoms with Gasteiger partial charge < -0.3 is 19.5 Å². The minimum absolute atomic E-state index is 0.0327. The number of rotatable bonds is 5. The number of carbonyl (C=O) groups is 2. The second-order valence-corrected chi connectivity index (χ2v) is 16.6. The van der Waals surface area contributed by atoms with E-state index in [1.54, 1.807) is 37.4 Å². The molecular formula is C40H48ClN3O6S. The van der Waals surface area contributed by atoms with Crippen molar-refractivity contribution < 1.29 is 28.4 Å². The molecular weight excluding hydrogens is 686 g/mol. The molecule has 0 saturated heterocycles. The van der Waals surface area contributed by atoms with Gasteiger partial charge in [0.1, 0.15) is 21.8 Å². The summed E-state index contributed by atoms with van der Waals surface area (Å²) in [6.45, 7) is 3.72. The van der Waals surface area contributed by atoms with Gasteiger partial charge in [-0.3, -0.25) is 14.3 Å². The van der Waals surface area contributed by atoms with E-state index >= 15 is 0 Å². The zero-order valence-corrected chi connectivity index (χ0v) is 30.9. The van der Waals surface area contributed by atoms with Crippen LogP contribution < -0.4 is 14.4 Å². The van der Waals surface area contributed by atoms with Crippen molar-refractivity contribution in [1.82, 2.24) is 4.72 Å². The summed E-state index contributed by atoms with van der Waals surface area (Å²) in [5.74, 6) is -0.517. The quantitative estimate of drug-likeness (QED) is 0.273. The maximum Gasteiger partial charge on any atom is 0.286 e. The number of anilines is 1. The Hall–Kier alpha value is -3.70. The van der Waals surface area contributed by atoms with E-state index in [0.29, 0.717) is 48.7 Å². The largest absolute Gasteiger partial charge is 0.491 e. The highest BCUT2D eigenvalue weighted by atomic mass is 35.5. The van der Waals surface area contributed by atoms with Gasteiger partial charge in [0.25, 0.3) is 11.8 Å². The molecule has 6 rings (SSSR count). The number of nitrogens with zero attached hydrogens (tertiary/aromatic N) is 2. The maximum atomic E-state index is 14.5. The zero-order chi connectivity index (χ0) is 36.0. The third-order valence-corrected chi connectivity index (χ3v) is 12.5. The van der Waals surface area contributed by atoms with Crippen molar-refractivity contribution in [2.75, 3.05) is 30.9 Å². The van der Waals surface area contributed by atoms with Gasteiger partial charge >= 0.3 is 0 Å². The summed E-state index contributed by atoms with van der Waals surface area (Å²) in [7, 11) is -1.90. The molecule has 2 heterocycles. The second-order valence-electron chi connectivity index (χ2n) is 14.1. The van der Waals surface area contributed by atoms with Gasteiger partial charge in [0.2, 0.25) is 0 Å². The van der Waals surface area contributed by atoms with E-state index in [-0.39, 0.29) is 29.8 Å². The number of benzene rings is 3. The van der Waals surface area contributed by atoms with Crippen LogP contribution in [0.5, 0.6) is 5.75 Å². The van der Waals surface area contributed by atoms with Crippen molar-refractivity contribution in [3.05, 3.63) is 106 Å². The number of hydrogen-bond donors (Lipinski definition) is 2. The molecule has 2 amide bonds. The SMILES string of the molecule is CO[C@H]1/C=C/C[C@H](C)CS(=O)(NC(=O)[C@H](O)Cc2ccccc2)=NC(=O)c2ccc3c(c2)N(Cc2ccc(Cl)cc2CCCCO3)C[C@@H]2CC[C@H]21. The number of carbonyl (C=O) groups excluding carboxylic acids is 2. The standard InChI is InChI=1S/C40H48ClN3O6S/c1-27-9-8-13-37(49-2)34-18-15-32(34)25-44-24-31-14-17-33(41)22-29(31)12-6-7-20-50-38-19-16-30(23-35(38)44)39(46)42-51(48,26-27)43-40(47)36(45)21-28-10-4-3-5-11-28/h3-5,8,10-11,13-14,16-17,19,22-23,27,32,34,36-37,45H,6-7,9,12,15,18,20-21,24-26H2,1-2H3,(H,42,43,46,47,48)/b13-8+/t27-,32-,34+,36+,37-,51?/m0/s1. The highest BCUT2D eigenvalue weighted by Crippen LogP contribution is 2.42. The topological polar surface area (TPSA) is 118 Å². The maximum absolute atomic E-state index is 14.5. The van der Waals surface area contributed by atoms with E-state index in [9.17, 15) is 18.9 Å². The van der Waals surface area contributed by atoms with Gasteiger partial charge in [-0.05, 0) is 103 Å². The average Bonchev–Trinajstić information content (AvgIpc) is 3.12. The van der Waals surface area contributed by atoms with Crippen LogP contribution in [0.15, 0.2) is 83.2 Å². The molecule has 1 unspecified atom stereocenters. The highest BCUT2D eigenvalue weighted by molar-refractivity contribution is 7.92. The smallest absolute Gasteiger partial charge is 0.286 e. The molecule has 1 fully saturated rings. The first kappa shape index (κ1) is 37.1. The van der Waals surface area contributed by atoms with Crippen LogP contribution in [0.1, 0.15) is 66.1 Å². The highest BCUT2D eigenvalue weighted by Gasteiger charge is 2.38. The van der Waals surface area contributed by atoms with Crippen LogP contribution in [0.25, 0.3) is 0 Å². The minimum Gasteiger partial charge on any atom is -0.491 e. The molecule has 11 heteroatoms. The molecule has 0 radical (unpaired) electrons. The molecule has 2 aliphatic heterocycles. The number of methoxy groups -OCH3 is 1.